The quantitative estimate of drug-likeness (QED) is 0.781. The summed E-state index contributed by atoms with van der Waals surface area (Å²) in [5.74, 6) is 6.46. The molecular formula is C18H25NO2. The molecule has 3 heteroatoms. The number of benzene rings is 1. The monoisotopic (exact) mass is 287 g/mol. The average Bonchev–Trinajstić information content (AvgIpc) is 3.34. The highest BCUT2D eigenvalue weighted by molar-refractivity contribution is 5.36. The minimum atomic E-state index is -0.0918. The molecule has 2 rings (SSSR count). The zero-order valence-corrected chi connectivity index (χ0v) is 13.0. The summed E-state index contributed by atoms with van der Waals surface area (Å²) in [6.07, 6.45) is 2.72. The van der Waals surface area contributed by atoms with Crippen LogP contribution in [0, 0.1) is 17.8 Å². The largest absolute Gasteiger partial charge is 0.384 e. The van der Waals surface area contributed by atoms with Crippen LogP contribution in [0.3, 0.4) is 0 Å². The highest BCUT2D eigenvalue weighted by Crippen LogP contribution is 2.35. The van der Waals surface area contributed by atoms with Crippen molar-refractivity contribution in [1.29, 1.82) is 0 Å². The molecule has 0 radical (unpaired) electrons. The highest BCUT2D eigenvalue weighted by atomic mass is 16.5. The Morgan fingerprint density at radius 2 is 2.05 bits per heavy atom. The first kappa shape index (κ1) is 16.0. The van der Waals surface area contributed by atoms with Crippen molar-refractivity contribution >= 4 is 0 Å². The van der Waals surface area contributed by atoms with Gasteiger partial charge in [-0.1, -0.05) is 24.0 Å². The normalized spacial score (nSPS) is 15.6. The number of hydrogen-bond donors (Lipinski definition) is 1. The van der Waals surface area contributed by atoms with E-state index in [1.807, 2.05) is 12.1 Å². The van der Waals surface area contributed by atoms with E-state index >= 15 is 0 Å². The average molecular weight is 287 g/mol. The molecule has 1 saturated carbocycles. The Morgan fingerprint density at radius 1 is 1.33 bits per heavy atom. The van der Waals surface area contributed by atoms with Gasteiger partial charge in [0.05, 0.1) is 6.61 Å². The van der Waals surface area contributed by atoms with E-state index in [1.54, 1.807) is 7.11 Å². The Balaban J connectivity index is 1.97. The van der Waals surface area contributed by atoms with Gasteiger partial charge < -0.3 is 9.84 Å². The first-order valence-corrected chi connectivity index (χ1v) is 7.66. The summed E-state index contributed by atoms with van der Waals surface area (Å²) in [6, 6.07) is 8.92. The van der Waals surface area contributed by atoms with Gasteiger partial charge in [-0.15, -0.1) is 0 Å². The van der Waals surface area contributed by atoms with E-state index in [1.165, 1.54) is 18.4 Å². The molecule has 0 heterocycles. The molecule has 1 N–H and O–H groups in total. The Kier molecular flexibility index (Phi) is 6.25. The second-order valence-corrected chi connectivity index (χ2v) is 5.70. The molecule has 21 heavy (non-hydrogen) atoms. The molecule has 1 atom stereocenters. The molecule has 1 unspecified atom stereocenters. The lowest BCUT2D eigenvalue weighted by atomic mass is 10.1. The number of aliphatic hydroxyl groups excluding tert-OH is 1. The molecule has 0 amide bonds. The van der Waals surface area contributed by atoms with E-state index in [0.29, 0.717) is 6.04 Å². The number of hydrogen-bond acceptors (Lipinski definition) is 3. The fourth-order valence-electron chi connectivity index (χ4n) is 2.58. The van der Waals surface area contributed by atoms with Crippen molar-refractivity contribution in [3.8, 4) is 11.8 Å². The van der Waals surface area contributed by atoms with Gasteiger partial charge in [-0.05, 0) is 43.4 Å². The summed E-state index contributed by atoms with van der Waals surface area (Å²) in [7, 11) is 1.76. The van der Waals surface area contributed by atoms with Crippen molar-refractivity contribution < 1.29 is 9.84 Å². The summed E-state index contributed by atoms with van der Waals surface area (Å²) in [5, 5.41) is 8.71. The molecule has 114 valence electrons. The molecule has 3 nitrogen and oxygen atoms in total. The van der Waals surface area contributed by atoms with Crippen LogP contribution in [-0.4, -0.2) is 42.9 Å². The van der Waals surface area contributed by atoms with Crippen LogP contribution < -0.4 is 0 Å². The van der Waals surface area contributed by atoms with Gasteiger partial charge in [0.2, 0.25) is 0 Å². The standard InChI is InChI=1S/C18H25NO2/c1-15(18-9-10-18)19(11-13-21-2)14-17-7-5-16(6-8-17)4-3-12-20/h5-8,15,18,20H,9-14H2,1-2H3. The first-order valence-electron chi connectivity index (χ1n) is 7.66. The third-order valence-electron chi connectivity index (χ3n) is 4.11. The zero-order valence-electron chi connectivity index (χ0n) is 13.0. The van der Waals surface area contributed by atoms with Gasteiger partial charge >= 0.3 is 0 Å². The Labute approximate surface area is 127 Å². The van der Waals surface area contributed by atoms with Crippen LogP contribution in [0.15, 0.2) is 24.3 Å². The van der Waals surface area contributed by atoms with Crippen molar-refractivity contribution in [1.82, 2.24) is 4.90 Å². The summed E-state index contributed by atoms with van der Waals surface area (Å²) >= 11 is 0. The molecular weight excluding hydrogens is 262 g/mol. The lowest BCUT2D eigenvalue weighted by Crippen LogP contribution is -2.36. The van der Waals surface area contributed by atoms with Gasteiger partial charge in [-0.2, -0.15) is 0 Å². The van der Waals surface area contributed by atoms with Crippen LogP contribution >= 0.6 is 0 Å². The zero-order chi connectivity index (χ0) is 15.1. The molecule has 0 bridgehead atoms. The molecule has 1 aliphatic carbocycles. The van der Waals surface area contributed by atoms with Crippen LogP contribution in [0.25, 0.3) is 0 Å². The topological polar surface area (TPSA) is 32.7 Å². The van der Waals surface area contributed by atoms with Crippen molar-refractivity contribution in [2.24, 2.45) is 5.92 Å². The maximum Gasteiger partial charge on any atom is 0.104 e. The van der Waals surface area contributed by atoms with Gasteiger partial charge in [-0.25, -0.2) is 0 Å². The first-order chi connectivity index (χ1) is 10.2. The van der Waals surface area contributed by atoms with Crippen LogP contribution in [-0.2, 0) is 11.3 Å². The van der Waals surface area contributed by atoms with E-state index in [-0.39, 0.29) is 6.61 Å². The smallest absolute Gasteiger partial charge is 0.104 e. The summed E-state index contributed by atoms with van der Waals surface area (Å²) in [4.78, 5) is 2.51. The van der Waals surface area contributed by atoms with Gasteiger partial charge in [-0.3, -0.25) is 4.90 Å². The van der Waals surface area contributed by atoms with Gasteiger partial charge in [0.15, 0.2) is 0 Å². The molecule has 0 aliphatic heterocycles. The highest BCUT2D eigenvalue weighted by Gasteiger charge is 2.31. The van der Waals surface area contributed by atoms with Gasteiger partial charge in [0.25, 0.3) is 0 Å². The van der Waals surface area contributed by atoms with E-state index in [4.69, 9.17) is 9.84 Å². The lowest BCUT2D eigenvalue weighted by molar-refractivity contribution is 0.111. The van der Waals surface area contributed by atoms with E-state index in [9.17, 15) is 0 Å². The van der Waals surface area contributed by atoms with Crippen LogP contribution in [0.4, 0.5) is 0 Å². The summed E-state index contributed by atoms with van der Waals surface area (Å²) in [5.41, 5.74) is 2.25. The van der Waals surface area contributed by atoms with Gasteiger partial charge in [0.1, 0.15) is 6.61 Å². The van der Waals surface area contributed by atoms with E-state index < -0.39 is 0 Å². The molecule has 1 aromatic carbocycles. The van der Waals surface area contributed by atoms with Gasteiger partial charge in [0, 0.05) is 31.8 Å². The van der Waals surface area contributed by atoms with Crippen molar-refractivity contribution in [3.05, 3.63) is 35.4 Å². The number of methoxy groups -OCH3 is 1. The summed E-state index contributed by atoms with van der Waals surface area (Å²) < 4.78 is 5.24. The van der Waals surface area contributed by atoms with Crippen molar-refractivity contribution in [2.75, 3.05) is 26.9 Å². The molecule has 0 saturated heterocycles. The minimum Gasteiger partial charge on any atom is -0.384 e. The lowest BCUT2D eigenvalue weighted by Gasteiger charge is -2.29. The van der Waals surface area contributed by atoms with E-state index in [2.05, 4.69) is 35.8 Å². The Hall–Kier alpha value is -1.34. The van der Waals surface area contributed by atoms with E-state index in [0.717, 1.165) is 31.2 Å². The van der Waals surface area contributed by atoms with Crippen molar-refractivity contribution in [3.63, 3.8) is 0 Å². The second-order valence-electron chi connectivity index (χ2n) is 5.70. The fourth-order valence-corrected chi connectivity index (χ4v) is 2.58. The number of aliphatic hydroxyl groups is 1. The third kappa shape index (κ3) is 5.17. The fraction of sp³-hybridized carbons (Fsp3) is 0.556. The molecule has 1 aromatic rings. The minimum absolute atomic E-state index is 0.0918. The number of ether oxygens (including phenoxy) is 1. The second kappa shape index (κ2) is 8.19. The predicted octanol–water partition coefficient (Wildman–Crippen LogP) is 2.28. The Morgan fingerprint density at radius 3 is 2.62 bits per heavy atom. The molecule has 1 fully saturated rings. The summed E-state index contributed by atoms with van der Waals surface area (Å²) in [6.45, 7) is 4.94. The molecule has 0 aromatic heterocycles. The maximum absolute atomic E-state index is 8.71. The maximum atomic E-state index is 8.71. The number of nitrogens with zero attached hydrogens (tertiary/aromatic N) is 1. The predicted molar refractivity (Wildman–Crippen MR) is 84.9 cm³/mol. The van der Waals surface area contributed by atoms with Crippen LogP contribution in [0.2, 0.25) is 0 Å². The SMILES string of the molecule is COCCN(Cc1ccc(C#CCO)cc1)C(C)C1CC1. The molecule has 1 aliphatic rings. The van der Waals surface area contributed by atoms with Crippen LogP contribution in [0.1, 0.15) is 30.9 Å². The Bertz CT molecular complexity index is 482. The van der Waals surface area contributed by atoms with Crippen LogP contribution in [0.5, 0.6) is 0 Å². The number of rotatable bonds is 7. The third-order valence-corrected chi connectivity index (χ3v) is 4.11. The van der Waals surface area contributed by atoms with Crippen molar-refractivity contribution in [2.45, 2.75) is 32.4 Å². The molecule has 0 spiro atoms.